The first-order valence-corrected chi connectivity index (χ1v) is 5.38. The molecule has 1 saturated heterocycles. The topological polar surface area (TPSA) is 44.8 Å². The molecule has 1 fully saturated rings. The minimum Gasteiger partial charge on any atom is -0.290 e. The maximum absolute atomic E-state index is 11.6. The van der Waals surface area contributed by atoms with E-state index < -0.39 is 19.5 Å². The Hall–Kier alpha value is -0.330. The zero-order valence-electron chi connectivity index (χ0n) is 7.94. The molecule has 0 amide bonds. The molecule has 0 aromatic heterocycles. The van der Waals surface area contributed by atoms with Crippen molar-refractivity contribution in [3.8, 4) is 12.3 Å². The second kappa shape index (κ2) is 3.43. The highest BCUT2D eigenvalue weighted by molar-refractivity contribution is 7.48. The van der Waals surface area contributed by atoms with Crippen molar-refractivity contribution in [3.63, 3.8) is 0 Å². The van der Waals surface area contributed by atoms with Gasteiger partial charge in [0.25, 0.3) is 0 Å². The van der Waals surface area contributed by atoms with E-state index in [0.717, 1.165) is 0 Å². The summed E-state index contributed by atoms with van der Waals surface area (Å²) in [7, 11) is -2.16. The monoisotopic (exact) mass is 204 g/mol. The molecule has 0 aromatic rings. The lowest BCUT2D eigenvalue weighted by atomic mass is 10.0. The maximum Gasteiger partial charge on any atom is 0.476 e. The summed E-state index contributed by atoms with van der Waals surface area (Å²) in [4.78, 5) is 0. The number of rotatable bonds is 1. The van der Waals surface area contributed by atoms with Crippen molar-refractivity contribution in [2.75, 3.05) is 7.11 Å². The van der Waals surface area contributed by atoms with Gasteiger partial charge in [0.15, 0.2) is 0 Å². The molecule has 4 nitrogen and oxygen atoms in total. The summed E-state index contributed by atoms with van der Waals surface area (Å²) >= 11 is 0. The Morgan fingerprint density at radius 2 is 2.31 bits per heavy atom. The van der Waals surface area contributed by atoms with E-state index in [1.807, 2.05) is 0 Å². The van der Waals surface area contributed by atoms with Crippen LogP contribution in [0.4, 0.5) is 0 Å². The van der Waals surface area contributed by atoms with E-state index in [2.05, 4.69) is 10.4 Å². The lowest BCUT2D eigenvalue weighted by molar-refractivity contribution is -0.0316. The van der Waals surface area contributed by atoms with Crippen LogP contribution >= 0.6 is 7.82 Å². The Kier molecular flexibility index (Phi) is 2.84. The lowest BCUT2D eigenvalue weighted by Gasteiger charge is -2.36. The molecular formula is C8H13O4P. The van der Waals surface area contributed by atoms with Crippen molar-refractivity contribution in [1.82, 2.24) is 0 Å². The average Bonchev–Trinajstić information content (AvgIpc) is 2.01. The van der Waals surface area contributed by atoms with Gasteiger partial charge in [-0.15, -0.1) is 6.42 Å². The fourth-order valence-electron chi connectivity index (χ4n) is 1.17. The number of phosphoric ester groups is 1. The molecule has 0 N–H and O–H groups in total. The zero-order valence-corrected chi connectivity index (χ0v) is 8.84. The van der Waals surface area contributed by atoms with Gasteiger partial charge in [-0.3, -0.25) is 13.6 Å². The molecule has 2 atom stereocenters. The molecule has 0 aliphatic carbocycles. The first-order chi connectivity index (χ1) is 5.91. The smallest absolute Gasteiger partial charge is 0.290 e. The van der Waals surface area contributed by atoms with E-state index in [-0.39, 0.29) is 0 Å². The van der Waals surface area contributed by atoms with E-state index in [4.69, 9.17) is 15.5 Å². The number of hydrogen-bond donors (Lipinski definition) is 0. The largest absolute Gasteiger partial charge is 0.476 e. The van der Waals surface area contributed by atoms with Gasteiger partial charge in [0.05, 0.1) is 5.60 Å². The van der Waals surface area contributed by atoms with E-state index >= 15 is 0 Å². The predicted molar refractivity (Wildman–Crippen MR) is 48.1 cm³/mol. The van der Waals surface area contributed by atoms with Crippen LogP contribution in [0.1, 0.15) is 20.3 Å². The quantitative estimate of drug-likeness (QED) is 0.483. The molecular weight excluding hydrogens is 191 g/mol. The Bertz CT molecular complexity index is 278. The normalized spacial score (nSPS) is 38.2. The number of hydrogen-bond acceptors (Lipinski definition) is 4. The number of phosphoric acid groups is 1. The molecule has 1 aliphatic heterocycles. The highest BCUT2D eigenvalue weighted by atomic mass is 31.2. The van der Waals surface area contributed by atoms with Crippen molar-refractivity contribution in [2.45, 2.75) is 32.0 Å². The number of terminal acetylenes is 1. The summed E-state index contributed by atoms with van der Waals surface area (Å²) in [5.74, 6) is 2.39. The van der Waals surface area contributed by atoms with E-state index in [1.54, 1.807) is 13.8 Å². The molecule has 0 aromatic carbocycles. The molecule has 1 rings (SSSR count). The van der Waals surface area contributed by atoms with Crippen LogP contribution in [0.15, 0.2) is 0 Å². The van der Waals surface area contributed by atoms with Crippen molar-refractivity contribution in [3.05, 3.63) is 0 Å². The van der Waals surface area contributed by atoms with Crippen LogP contribution in [0.25, 0.3) is 0 Å². The van der Waals surface area contributed by atoms with Crippen molar-refractivity contribution in [1.29, 1.82) is 0 Å². The summed E-state index contributed by atoms with van der Waals surface area (Å²) in [6.07, 6.45) is 5.20. The minimum atomic E-state index is -3.43. The highest BCUT2D eigenvalue weighted by Gasteiger charge is 2.43. The molecule has 1 heterocycles. The van der Waals surface area contributed by atoms with Crippen LogP contribution in [-0.4, -0.2) is 18.8 Å². The Morgan fingerprint density at radius 1 is 1.69 bits per heavy atom. The second-order valence-electron chi connectivity index (χ2n) is 3.45. The third-order valence-electron chi connectivity index (χ3n) is 1.70. The molecule has 1 aliphatic rings. The van der Waals surface area contributed by atoms with Gasteiger partial charge in [-0.05, 0) is 13.8 Å². The third kappa shape index (κ3) is 2.55. The lowest BCUT2D eigenvalue weighted by Crippen LogP contribution is -2.35. The second-order valence-corrected chi connectivity index (χ2v) is 5.10. The average molecular weight is 204 g/mol. The van der Waals surface area contributed by atoms with Crippen molar-refractivity contribution >= 4 is 7.82 Å². The van der Waals surface area contributed by atoms with E-state index in [0.29, 0.717) is 6.42 Å². The Labute approximate surface area is 78.2 Å². The molecule has 74 valence electrons. The molecule has 5 heteroatoms. The van der Waals surface area contributed by atoms with Crippen molar-refractivity contribution in [2.24, 2.45) is 0 Å². The van der Waals surface area contributed by atoms with Gasteiger partial charge < -0.3 is 0 Å². The van der Waals surface area contributed by atoms with Crippen LogP contribution in [0, 0.1) is 12.3 Å². The van der Waals surface area contributed by atoms with Gasteiger partial charge in [0, 0.05) is 13.5 Å². The molecule has 0 radical (unpaired) electrons. The Balaban J connectivity index is 2.85. The third-order valence-corrected chi connectivity index (χ3v) is 3.38. The van der Waals surface area contributed by atoms with Gasteiger partial charge in [0.1, 0.15) is 6.10 Å². The first-order valence-electron chi connectivity index (χ1n) is 3.92. The van der Waals surface area contributed by atoms with Crippen molar-refractivity contribution < 1.29 is 18.1 Å². The fraction of sp³-hybridized carbons (Fsp3) is 0.750. The van der Waals surface area contributed by atoms with Gasteiger partial charge >= 0.3 is 7.82 Å². The summed E-state index contributed by atoms with van der Waals surface area (Å²) in [6, 6.07) is 0. The summed E-state index contributed by atoms with van der Waals surface area (Å²) in [6.45, 7) is 3.59. The van der Waals surface area contributed by atoms with Gasteiger partial charge in [-0.1, -0.05) is 5.92 Å². The van der Waals surface area contributed by atoms with Crippen LogP contribution in [0.2, 0.25) is 0 Å². The minimum absolute atomic E-state index is 0.505. The van der Waals surface area contributed by atoms with Crippen LogP contribution in [-0.2, 0) is 18.1 Å². The molecule has 0 bridgehead atoms. The van der Waals surface area contributed by atoms with E-state index in [9.17, 15) is 4.57 Å². The highest BCUT2D eigenvalue weighted by Crippen LogP contribution is 2.57. The molecule has 2 unspecified atom stereocenters. The molecule has 0 spiro atoms. The summed E-state index contributed by atoms with van der Waals surface area (Å²) in [5.41, 5.74) is -0.569. The summed E-state index contributed by atoms with van der Waals surface area (Å²) in [5, 5.41) is 0. The van der Waals surface area contributed by atoms with Crippen LogP contribution < -0.4 is 0 Å². The van der Waals surface area contributed by atoms with E-state index in [1.165, 1.54) is 7.11 Å². The molecule has 0 saturated carbocycles. The zero-order chi connectivity index (χ0) is 10.1. The van der Waals surface area contributed by atoms with Crippen LogP contribution in [0.5, 0.6) is 0 Å². The van der Waals surface area contributed by atoms with Crippen LogP contribution in [0.3, 0.4) is 0 Å². The van der Waals surface area contributed by atoms with Gasteiger partial charge in [0.2, 0.25) is 0 Å². The standard InChI is InChI=1S/C8H13O4P/c1-5-7-6-8(2,3)12-13(9,10-4)11-7/h1,7H,6H2,2-4H3. The Morgan fingerprint density at radius 3 is 2.77 bits per heavy atom. The SMILES string of the molecule is C#CC1CC(C)(C)OP(=O)(OC)O1. The predicted octanol–water partition coefficient (Wildman–Crippen LogP) is 1.96. The molecule has 13 heavy (non-hydrogen) atoms. The van der Waals surface area contributed by atoms with Gasteiger partial charge in [-0.25, -0.2) is 4.57 Å². The summed E-state index contributed by atoms with van der Waals surface area (Å²) < 4.78 is 26.4. The fourth-order valence-corrected chi connectivity index (χ4v) is 2.50. The first kappa shape index (κ1) is 10.7. The maximum atomic E-state index is 11.6. The van der Waals surface area contributed by atoms with Gasteiger partial charge in [-0.2, -0.15) is 0 Å².